The second kappa shape index (κ2) is 5.31. The zero-order valence-corrected chi connectivity index (χ0v) is 11.4. The van der Waals surface area contributed by atoms with E-state index >= 15 is 0 Å². The molecule has 0 saturated carbocycles. The Balaban J connectivity index is 3.30. The maximum atomic E-state index is 11.9. The molecule has 0 aliphatic heterocycles. The quantitative estimate of drug-likeness (QED) is 0.777. The summed E-state index contributed by atoms with van der Waals surface area (Å²) in [6.45, 7) is 4.50. The summed E-state index contributed by atoms with van der Waals surface area (Å²) in [6, 6.07) is -0.268. The first-order chi connectivity index (χ1) is 7.84. The van der Waals surface area contributed by atoms with Crippen LogP contribution in [-0.2, 0) is 16.3 Å². The molecule has 0 amide bonds. The topological polar surface area (TPSA) is 70.3 Å². The summed E-state index contributed by atoms with van der Waals surface area (Å²) in [5, 5.41) is 0. The summed E-state index contributed by atoms with van der Waals surface area (Å²) < 4.78 is 7.22. The van der Waals surface area contributed by atoms with Gasteiger partial charge in [0, 0.05) is 19.2 Å². The van der Waals surface area contributed by atoms with Crippen molar-refractivity contribution in [3.8, 4) is 0 Å². The van der Waals surface area contributed by atoms with Crippen LogP contribution in [0, 0.1) is 0 Å². The van der Waals surface area contributed by atoms with Gasteiger partial charge < -0.3 is 4.74 Å². The van der Waals surface area contributed by atoms with Gasteiger partial charge in [-0.1, -0.05) is 0 Å². The first kappa shape index (κ1) is 13.7. The fourth-order valence-corrected chi connectivity index (χ4v) is 1.73. The second-order valence-electron chi connectivity index (χ2n) is 3.76. The minimum Gasteiger partial charge on any atom is -0.444 e. The van der Waals surface area contributed by atoms with E-state index in [1.54, 1.807) is 13.8 Å². The highest BCUT2D eigenvalue weighted by Crippen LogP contribution is 2.03. The minimum absolute atomic E-state index is 0.209. The molecule has 6 nitrogen and oxygen atoms in total. The van der Waals surface area contributed by atoms with Gasteiger partial charge in [-0.25, -0.2) is 4.79 Å². The molecular formula is C10H13BrN2O4. The smallest absolute Gasteiger partial charge is 0.334 e. The van der Waals surface area contributed by atoms with Crippen molar-refractivity contribution in [2.24, 2.45) is 0 Å². The lowest BCUT2D eigenvalue weighted by Crippen LogP contribution is -2.41. The predicted octanol–water partition coefficient (Wildman–Crippen LogP) is 0.874. The van der Waals surface area contributed by atoms with Crippen LogP contribution in [0.2, 0.25) is 0 Å². The Morgan fingerprint density at radius 3 is 2.53 bits per heavy atom. The number of aromatic nitrogens is 2. The monoisotopic (exact) mass is 304 g/mol. The molecule has 7 heteroatoms. The summed E-state index contributed by atoms with van der Waals surface area (Å²) >= 11 is 3.07. The maximum Gasteiger partial charge on any atom is 0.334 e. The van der Waals surface area contributed by atoms with E-state index < -0.39 is 17.2 Å². The second-order valence-corrected chi connectivity index (χ2v) is 4.62. The molecule has 0 atom stereocenters. The van der Waals surface area contributed by atoms with Crippen molar-refractivity contribution < 1.29 is 9.53 Å². The van der Waals surface area contributed by atoms with Crippen LogP contribution in [-0.4, -0.2) is 15.1 Å². The molecule has 94 valence electrons. The first-order valence-corrected chi connectivity index (χ1v) is 5.78. The highest BCUT2D eigenvalue weighted by Gasteiger charge is 2.12. The molecule has 0 aromatic carbocycles. The lowest BCUT2D eigenvalue weighted by atomic mass is 10.4. The van der Waals surface area contributed by atoms with Crippen molar-refractivity contribution >= 4 is 21.9 Å². The van der Waals surface area contributed by atoms with Gasteiger partial charge in [-0.3, -0.25) is 18.7 Å². The zero-order valence-electron chi connectivity index (χ0n) is 9.77. The van der Waals surface area contributed by atoms with Crippen LogP contribution in [0.3, 0.4) is 0 Å². The van der Waals surface area contributed by atoms with E-state index in [-0.39, 0.29) is 17.2 Å². The van der Waals surface area contributed by atoms with Gasteiger partial charge in [-0.05, 0) is 29.8 Å². The van der Waals surface area contributed by atoms with Crippen LogP contribution in [0.1, 0.15) is 26.8 Å². The number of hydrogen-bond donors (Lipinski definition) is 0. The van der Waals surface area contributed by atoms with E-state index in [1.165, 1.54) is 13.1 Å². The van der Waals surface area contributed by atoms with Crippen LogP contribution in [0.5, 0.6) is 0 Å². The van der Waals surface area contributed by atoms with Gasteiger partial charge >= 0.3 is 11.7 Å². The fourth-order valence-electron chi connectivity index (χ4n) is 1.30. The molecule has 0 N–H and O–H groups in total. The van der Waals surface area contributed by atoms with E-state index in [2.05, 4.69) is 15.9 Å². The molecule has 17 heavy (non-hydrogen) atoms. The third-order valence-electron chi connectivity index (χ3n) is 2.07. The highest BCUT2D eigenvalue weighted by molar-refractivity contribution is 9.10. The lowest BCUT2D eigenvalue weighted by Gasteiger charge is -2.13. The molecule has 0 spiro atoms. The summed E-state index contributed by atoms with van der Waals surface area (Å²) in [4.78, 5) is 34.3. The Morgan fingerprint density at radius 1 is 1.47 bits per heavy atom. The van der Waals surface area contributed by atoms with E-state index in [9.17, 15) is 14.4 Å². The van der Waals surface area contributed by atoms with E-state index in [1.807, 2.05) is 0 Å². The molecule has 1 aromatic heterocycles. The number of esters is 1. The van der Waals surface area contributed by atoms with Crippen molar-refractivity contribution in [2.45, 2.75) is 33.5 Å². The summed E-state index contributed by atoms with van der Waals surface area (Å²) in [7, 11) is 0. The number of nitrogens with zero attached hydrogens (tertiary/aromatic N) is 2. The molecule has 1 heterocycles. The van der Waals surface area contributed by atoms with Crippen LogP contribution in [0.4, 0.5) is 0 Å². The SMILES string of the molecule is CC(=O)OCn1cc(Br)c(=O)n(C(C)C)c1=O. The largest absolute Gasteiger partial charge is 0.444 e. The Kier molecular flexibility index (Phi) is 4.28. The van der Waals surface area contributed by atoms with Gasteiger partial charge in [0.2, 0.25) is 0 Å². The van der Waals surface area contributed by atoms with Gasteiger partial charge in [-0.2, -0.15) is 0 Å². The van der Waals surface area contributed by atoms with E-state index in [0.29, 0.717) is 0 Å². The molecule has 0 aliphatic rings. The molecule has 0 unspecified atom stereocenters. The van der Waals surface area contributed by atoms with Crippen LogP contribution in [0.25, 0.3) is 0 Å². The molecule has 0 saturated heterocycles. The van der Waals surface area contributed by atoms with Crippen LogP contribution in [0.15, 0.2) is 20.3 Å². The Hall–Kier alpha value is -1.37. The summed E-state index contributed by atoms with van der Waals surface area (Å²) in [5.74, 6) is -0.490. The fraction of sp³-hybridized carbons (Fsp3) is 0.500. The van der Waals surface area contributed by atoms with E-state index in [4.69, 9.17) is 4.74 Å². The number of carbonyl (C=O) groups excluding carboxylic acids is 1. The number of rotatable bonds is 3. The summed E-state index contributed by atoms with van der Waals surface area (Å²) in [5.41, 5.74) is -0.904. The molecule has 1 aromatic rings. The molecule has 0 bridgehead atoms. The van der Waals surface area contributed by atoms with Gasteiger partial charge in [0.05, 0.1) is 4.47 Å². The van der Waals surface area contributed by atoms with Gasteiger partial charge in [0.15, 0.2) is 6.73 Å². The number of ether oxygens (including phenoxy) is 1. The van der Waals surface area contributed by atoms with Crippen molar-refractivity contribution in [2.75, 3.05) is 0 Å². The molecule has 0 radical (unpaired) electrons. The number of carbonyl (C=O) groups is 1. The summed E-state index contributed by atoms with van der Waals surface area (Å²) in [6.07, 6.45) is 1.31. The molecular weight excluding hydrogens is 292 g/mol. The van der Waals surface area contributed by atoms with Crippen LogP contribution < -0.4 is 11.2 Å². The van der Waals surface area contributed by atoms with E-state index in [0.717, 1.165) is 9.13 Å². The van der Waals surface area contributed by atoms with Gasteiger partial charge in [0.25, 0.3) is 5.56 Å². The number of hydrogen-bond acceptors (Lipinski definition) is 4. The average molecular weight is 305 g/mol. The minimum atomic E-state index is -0.505. The maximum absolute atomic E-state index is 11.9. The predicted molar refractivity (Wildman–Crippen MR) is 64.8 cm³/mol. The standard InChI is InChI=1S/C10H13BrN2O4/c1-6(2)13-9(15)8(11)4-12(10(13)16)5-17-7(3)14/h4,6H,5H2,1-3H3. The van der Waals surface area contributed by atoms with Gasteiger partial charge in [0.1, 0.15) is 0 Å². The third kappa shape index (κ3) is 3.06. The number of halogens is 1. The first-order valence-electron chi connectivity index (χ1n) is 4.99. The Labute approximate surface area is 106 Å². The lowest BCUT2D eigenvalue weighted by molar-refractivity contribution is -0.144. The molecule has 0 fully saturated rings. The Morgan fingerprint density at radius 2 is 2.06 bits per heavy atom. The van der Waals surface area contributed by atoms with Crippen molar-refractivity contribution in [3.05, 3.63) is 31.5 Å². The van der Waals surface area contributed by atoms with Crippen molar-refractivity contribution in [1.29, 1.82) is 0 Å². The van der Waals surface area contributed by atoms with Crippen molar-refractivity contribution in [1.82, 2.24) is 9.13 Å². The molecule has 0 aliphatic carbocycles. The van der Waals surface area contributed by atoms with Crippen LogP contribution >= 0.6 is 15.9 Å². The Bertz CT molecular complexity index is 544. The van der Waals surface area contributed by atoms with Gasteiger partial charge in [-0.15, -0.1) is 0 Å². The molecule has 1 rings (SSSR count). The van der Waals surface area contributed by atoms with Crippen molar-refractivity contribution in [3.63, 3.8) is 0 Å². The third-order valence-corrected chi connectivity index (χ3v) is 2.61. The normalized spacial score (nSPS) is 10.6. The highest BCUT2D eigenvalue weighted by atomic mass is 79.9. The zero-order chi connectivity index (χ0) is 13.2. The average Bonchev–Trinajstić information content (AvgIpc) is 2.21.